The van der Waals surface area contributed by atoms with Crippen molar-refractivity contribution in [3.05, 3.63) is 0 Å². The van der Waals surface area contributed by atoms with Crippen LogP contribution < -0.4 is 0 Å². The lowest BCUT2D eigenvalue weighted by atomic mass is 9.94. The van der Waals surface area contributed by atoms with Gasteiger partial charge in [-0.05, 0) is 18.8 Å². The molecule has 0 aromatic carbocycles. The zero-order chi connectivity index (χ0) is 10.0. The van der Waals surface area contributed by atoms with E-state index in [0.717, 1.165) is 0 Å². The largest absolute Gasteiger partial charge is 0.479 e. The quantitative estimate of drug-likeness (QED) is 0.736. The third-order valence-corrected chi connectivity index (χ3v) is 2.98. The van der Waals surface area contributed by atoms with Gasteiger partial charge in [0, 0.05) is 26.1 Å². The second-order valence-electron chi connectivity index (χ2n) is 4.17. The minimum atomic E-state index is -0.957. The predicted octanol–water partition coefficient (Wildman–Crippen LogP) is 1.05. The zero-order valence-electron chi connectivity index (χ0n) is 8.20. The van der Waals surface area contributed by atoms with E-state index >= 15 is 0 Å². The first-order chi connectivity index (χ1) is 6.73. The van der Waals surface area contributed by atoms with Crippen molar-refractivity contribution in [2.75, 3.05) is 19.8 Å². The van der Waals surface area contributed by atoms with E-state index in [1.807, 2.05) is 0 Å². The Morgan fingerprint density at radius 2 is 2.07 bits per heavy atom. The molecule has 1 heterocycles. The molecule has 1 aliphatic carbocycles. The molecule has 0 spiro atoms. The van der Waals surface area contributed by atoms with Crippen molar-refractivity contribution < 1.29 is 19.4 Å². The van der Waals surface area contributed by atoms with Crippen LogP contribution >= 0.6 is 0 Å². The molecule has 0 atom stereocenters. The molecule has 0 amide bonds. The molecule has 0 bridgehead atoms. The minimum absolute atomic E-state index is 0.481. The zero-order valence-corrected chi connectivity index (χ0v) is 8.20. The molecule has 2 fully saturated rings. The highest BCUT2D eigenvalue weighted by Gasteiger charge is 2.42. The van der Waals surface area contributed by atoms with Crippen LogP contribution in [0, 0.1) is 5.92 Å². The summed E-state index contributed by atoms with van der Waals surface area (Å²) in [6, 6.07) is 0. The third-order valence-electron chi connectivity index (χ3n) is 2.98. The SMILES string of the molecule is O=C(O)C1(OCC2CC2)CCOCC1. The summed E-state index contributed by atoms with van der Waals surface area (Å²) in [4.78, 5) is 11.1. The Balaban J connectivity index is 1.92. The molecule has 1 aliphatic heterocycles. The molecule has 4 heteroatoms. The Kier molecular flexibility index (Phi) is 2.74. The second kappa shape index (κ2) is 3.87. The topological polar surface area (TPSA) is 55.8 Å². The summed E-state index contributed by atoms with van der Waals surface area (Å²) in [6.45, 7) is 1.60. The van der Waals surface area contributed by atoms with Gasteiger partial charge in [-0.3, -0.25) is 0 Å². The molecule has 1 saturated heterocycles. The van der Waals surface area contributed by atoms with Crippen LogP contribution in [0.3, 0.4) is 0 Å². The van der Waals surface area contributed by atoms with Crippen LogP contribution in [-0.4, -0.2) is 36.5 Å². The number of hydrogen-bond donors (Lipinski definition) is 1. The van der Waals surface area contributed by atoms with Gasteiger partial charge in [-0.1, -0.05) is 0 Å². The first-order valence-corrected chi connectivity index (χ1v) is 5.18. The summed E-state index contributed by atoms with van der Waals surface area (Å²) in [5, 5.41) is 9.14. The fourth-order valence-corrected chi connectivity index (χ4v) is 1.68. The summed E-state index contributed by atoms with van der Waals surface area (Å²) in [7, 11) is 0. The maximum Gasteiger partial charge on any atom is 0.336 e. The summed E-state index contributed by atoms with van der Waals surface area (Å²) in [6.07, 6.45) is 3.34. The van der Waals surface area contributed by atoms with Crippen LogP contribution in [0.5, 0.6) is 0 Å². The lowest BCUT2D eigenvalue weighted by Crippen LogP contribution is -2.46. The van der Waals surface area contributed by atoms with Gasteiger partial charge >= 0.3 is 5.97 Å². The summed E-state index contributed by atoms with van der Waals surface area (Å²) in [5.74, 6) is -0.226. The lowest BCUT2D eigenvalue weighted by molar-refractivity contribution is -0.179. The van der Waals surface area contributed by atoms with Gasteiger partial charge in [0.05, 0.1) is 6.61 Å². The number of hydrogen-bond acceptors (Lipinski definition) is 3. The van der Waals surface area contributed by atoms with Crippen LogP contribution in [0.4, 0.5) is 0 Å². The van der Waals surface area contributed by atoms with Gasteiger partial charge in [-0.25, -0.2) is 4.79 Å². The smallest absolute Gasteiger partial charge is 0.336 e. The molecule has 0 aromatic rings. The van der Waals surface area contributed by atoms with Crippen LogP contribution in [0.2, 0.25) is 0 Å². The maximum atomic E-state index is 11.1. The molecule has 2 rings (SSSR count). The normalized spacial score (nSPS) is 26.0. The van der Waals surface area contributed by atoms with E-state index in [1.165, 1.54) is 12.8 Å². The van der Waals surface area contributed by atoms with Crippen molar-refractivity contribution >= 4 is 5.97 Å². The van der Waals surface area contributed by atoms with Gasteiger partial charge in [-0.15, -0.1) is 0 Å². The van der Waals surface area contributed by atoms with Crippen molar-refractivity contribution in [3.63, 3.8) is 0 Å². The van der Waals surface area contributed by atoms with E-state index in [0.29, 0.717) is 38.6 Å². The molecule has 1 saturated carbocycles. The van der Waals surface area contributed by atoms with Gasteiger partial charge in [0.25, 0.3) is 0 Å². The molecule has 14 heavy (non-hydrogen) atoms. The molecular weight excluding hydrogens is 184 g/mol. The number of rotatable bonds is 4. The van der Waals surface area contributed by atoms with Gasteiger partial charge in [0.1, 0.15) is 0 Å². The highest BCUT2D eigenvalue weighted by atomic mass is 16.5. The molecule has 4 nitrogen and oxygen atoms in total. The standard InChI is InChI=1S/C10H16O4/c11-9(12)10(3-5-13-6-4-10)14-7-8-1-2-8/h8H,1-7H2,(H,11,12). The summed E-state index contributed by atoms with van der Waals surface area (Å²) >= 11 is 0. The van der Waals surface area contributed by atoms with Crippen LogP contribution in [-0.2, 0) is 14.3 Å². The number of aliphatic carboxylic acids is 1. The number of carboxylic acid groups (broad SMARTS) is 1. The highest BCUT2D eigenvalue weighted by Crippen LogP contribution is 2.33. The predicted molar refractivity (Wildman–Crippen MR) is 49.1 cm³/mol. The number of ether oxygens (including phenoxy) is 2. The van der Waals surface area contributed by atoms with E-state index in [-0.39, 0.29) is 0 Å². The molecule has 0 radical (unpaired) electrons. The molecular formula is C10H16O4. The van der Waals surface area contributed by atoms with Crippen molar-refractivity contribution in [1.29, 1.82) is 0 Å². The van der Waals surface area contributed by atoms with Gasteiger partial charge in [-0.2, -0.15) is 0 Å². The highest BCUT2D eigenvalue weighted by molar-refractivity contribution is 5.77. The fourth-order valence-electron chi connectivity index (χ4n) is 1.68. The van der Waals surface area contributed by atoms with Crippen molar-refractivity contribution in [3.8, 4) is 0 Å². The lowest BCUT2D eigenvalue weighted by Gasteiger charge is -2.33. The van der Waals surface area contributed by atoms with Gasteiger partial charge in [0.15, 0.2) is 5.60 Å². The average Bonchev–Trinajstić information content (AvgIpc) is 2.99. The second-order valence-corrected chi connectivity index (χ2v) is 4.17. The van der Waals surface area contributed by atoms with E-state index in [1.54, 1.807) is 0 Å². The maximum absolute atomic E-state index is 11.1. The Morgan fingerprint density at radius 3 is 2.57 bits per heavy atom. The van der Waals surface area contributed by atoms with E-state index in [9.17, 15) is 4.79 Å². The van der Waals surface area contributed by atoms with E-state index < -0.39 is 11.6 Å². The fraction of sp³-hybridized carbons (Fsp3) is 0.900. The van der Waals surface area contributed by atoms with Crippen LogP contribution in [0.25, 0.3) is 0 Å². The minimum Gasteiger partial charge on any atom is -0.479 e. The number of carboxylic acids is 1. The molecule has 1 N–H and O–H groups in total. The Morgan fingerprint density at radius 1 is 1.43 bits per heavy atom. The first-order valence-electron chi connectivity index (χ1n) is 5.18. The molecule has 80 valence electrons. The summed E-state index contributed by atoms with van der Waals surface area (Å²) < 4.78 is 10.7. The first kappa shape index (κ1) is 9.93. The Labute approximate surface area is 83.2 Å². The van der Waals surface area contributed by atoms with E-state index in [2.05, 4.69) is 0 Å². The Bertz CT molecular complexity index is 216. The summed E-state index contributed by atoms with van der Waals surface area (Å²) in [5.41, 5.74) is -0.957. The molecule has 0 aromatic heterocycles. The van der Waals surface area contributed by atoms with Crippen molar-refractivity contribution in [1.82, 2.24) is 0 Å². The Hall–Kier alpha value is -0.610. The van der Waals surface area contributed by atoms with E-state index in [4.69, 9.17) is 14.6 Å². The monoisotopic (exact) mass is 200 g/mol. The van der Waals surface area contributed by atoms with Crippen LogP contribution in [0.15, 0.2) is 0 Å². The van der Waals surface area contributed by atoms with Gasteiger partial charge < -0.3 is 14.6 Å². The molecule has 2 aliphatic rings. The number of carbonyl (C=O) groups is 1. The third kappa shape index (κ3) is 2.07. The van der Waals surface area contributed by atoms with Gasteiger partial charge in [0.2, 0.25) is 0 Å². The van der Waals surface area contributed by atoms with Crippen molar-refractivity contribution in [2.24, 2.45) is 5.92 Å². The molecule has 0 unspecified atom stereocenters. The van der Waals surface area contributed by atoms with Crippen LogP contribution in [0.1, 0.15) is 25.7 Å². The average molecular weight is 200 g/mol. The van der Waals surface area contributed by atoms with Crippen molar-refractivity contribution in [2.45, 2.75) is 31.3 Å².